The van der Waals surface area contributed by atoms with Crippen LogP contribution in [0.1, 0.15) is 40.0 Å². The molecule has 104 valence electrons. The van der Waals surface area contributed by atoms with Crippen LogP contribution in [-0.2, 0) is 9.59 Å². The zero-order chi connectivity index (χ0) is 13.8. The molecule has 0 aromatic heterocycles. The number of rotatable bonds is 6. The van der Waals surface area contributed by atoms with Gasteiger partial charge in [0.15, 0.2) is 0 Å². The fraction of sp³-hybridized carbons (Fsp3) is 0.846. The first-order valence-corrected chi connectivity index (χ1v) is 6.63. The molecule has 0 aromatic rings. The lowest BCUT2D eigenvalue weighted by Gasteiger charge is -2.29. The number of nitrogens with one attached hydrogen (secondary N) is 2. The Bertz CT molecular complexity index is 320. The Kier molecular flexibility index (Phi) is 4.73. The fourth-order valence-electron chi connectivity index (χ4n) is 2.32. The van der Waals surface area contributed by atoms with E-state index in [2.05, 4.69) is 17.6 Å². The van der Waals surface area contributed by atoms with E-state index < -0.39 is 11.3 Å². The van der Waals surface area contributed by atoms with E-state index in [9.17, 15) is 9.59 Å². The summed E-state index contributed by atoms with van der Waals surface area (Å²) in [5, 5.41) is 6.14. The molecule has 1 saturated heterocycles. The van der Waals surface area contributed by atoms with Crippen molar-refractivity contribution in [2.45, 2.75) is 40.0 Å². The van der Waals surface area contributed by atoms with Gasteiger partial charge in [0.25, 0.3) is 0 Å². The summed E-state index contributed by atoms with van der Waals surface area (Å²) >= 11 is 0. The summed E-state index contributed by atoms with van der Waals surface area (Å²) < 4.78 is 0. The van der Waals surface area contributed by atoms with Gasteiger partial charge in [0, 0.05) is 13.1 Å². The van der Waals surface area contributed by atoms with Crippen LogP contribution in [0.15, 0.2) is 0 Å². The standard InChI is InChI=1S/C13H25N3O2/c1-4-5-13(6-7-15-9-13)11(18)16-8-12(2,3)10(14)17/h15H,4-9H2,1-3H3,(H2,14,17)(H,16,18). The van der Waals surface area contributed by atoms with E-state index >= 15 is 0 Å². The number of nitrogens with two attached hydrogens (primary N) is 1. The molecular weight excluding hydrogens is 230 g/mol. The highest BCUT2D eigenvalue weighted by molar-refractivity contribution is 5.85. The number of hydrogen-bond donors (Lipinski definition) is 3. The number of hydrogen-bond acceptors (Lipinski definition) is 3. The number of carbonyl (C=O) groups excluding carboxylic acids is 2. The maximum atomic E-state index is 12.3. The van der Waals surface area contributed by atoms with Crippen LogP contribution in [0.5, 0.6) is 0 Å². The lowest BCUT2D eigenvalue weighted by atomic mass is 9.81. The summed E-state index contributed by atoms with van der Waals surface area (Å²) in [6, 6.07) is 0. The molecular formula is C13H25N3O2. The van der Waals surface area contributed by atoms with Gasteiger partial charge in [-0.3, -0.25) is 9.59 Å². The summed E-state index contributed by atoms with van der Waals surface area (Å²) in [6.45, 7) is 7.48. The predicted octanol–water partition coefficient (Wildman–Crippen LogP) is 0.394. The maximum absolute atomic E-state index is 12.3. The van der Waals surface area contributed by atoms with Crippen LogP contribution >= 0.6 is 0 Å². The Labute approximate surface area is 109 Å². The summed E-state index contributed by atoms with van der Waals surface area (Å²) in [5.41, 5.74) is 4.30. The second-order valence-electron chi connectivity index (χ2n) is 5.89. The van der Waals surface area contributed by atoms with Gasteiger partial charge in [0.1, 0.15) is 0 Å². The number of carbonyl (C=O) groups is 2. The smallest absolute Gasteiger partial charge is 0.227 e. The zero-order valence-electron chi connectivity index (χ0n) is 11.6. The van der Waals surface area contributed by atoms with E-state index in [0.29, 0.717) is 6.54 Å². The van der Waals surface area contributed by atoms with Gasteiger partial charge in [-0.15, -0.1) is 0 Å². The molecule has 0 radical (unpaired) electrons. The van der Waals surface area contributed by atoms with Gasteiger partial charge in [-0.25, -0.2) is 0 Å². The quantitative estimate of drug-likeness (QED) is 0.642. The average molecular weight is 255 g/mol. The highest BCUT2D eigenvalue weighted by atomic mass is 16.2. The van der Waals surface area contributed by atoms with E-state index in [4.69, 9.17) is 5.73 Å². The largest absolute Gasteiger partial charge is 0.369 e. The summed E-state index contributed by atoms with van der Waals surface area (Å²) in [6.07, 6.45) is 2.72. The first-order chi connectivity index (χ1) is 8.34. The van der Waals surface area contributed by atoms with Gasteiger partial charge in [0.2, 0.25) is 11.8 Å². The number of primary amides is 1. The van der Waals surface area contributed by atoms with Crippen molar-refractivity contribution < 1.29 is 9.59 Å². The molecule has 18 heavy (non-hydrogen) atoms. The van der Waals surface area contributed by atoms with Crippen LogP contribution < -0.4 is 16.4 Å². The van der Waals surface area contributed by atoms with Crippen molar-refractivity contribution in [3.8, 4) is 0 Å². The minimum absolute atomic E-state index is 0.0451. The topological polar surface area (TPSA) is 84.2 Å². The van der Waals surface area contributed by atoms with Crippen LogP contribution in [-0.4, -0.2) is 31.4 Å². The third-order valence-electron chi connectivity index (χ3n) is 3.81. The van der Waals surface area contributed by atoms with E-state index in [0.717, 1.165) is 32.4 Å². The van der Waals surface area contributed by atoms with Crippen LogP contribution in [0.3, 0.4) is 0 Å². The molecule has 0 bridgehead atoms. The van der Waals surface area contributed by atoms with E-state index in [1.807, 2.05) is 0 Å². The van der Waals surface area contributed by atoms with Gasteiger partial charge < -0.3 is 16.4 Å². The second kappa shape index (κ2) is 5.69. The van der Waals surface area contributed by atoms with Crippen molar-refractivity contribution >= 4 is 11.8 Å². The van der Waals surface area contributed by atoms with Crippen LogP contribution in [0.25, 0.3) is 0 Å². The van der Waals surface area contributed by atoms with Crippen LogP contribution in [0.4, 0.5) is 0 Å². The minimum atomic E-state index is -0.699. The molecule has 5 nitrogen and oxygen atoms in total. The first-order valence-electron chi connectivity index (χ1n) is 6.63. The third-order valence-corrected chi connectivity index (χ3v) is 3.81. The zero-order valence-corrected chi connectivity index (χ0v) is 11.6. The number of amides is 2. The fourth-order valence-corrected chi connectivity index (χ4v) is 2.32. The van der Waals surface area contributed by atoms with Gasteiger partial charge in [0.05, 0.1) is 10.8 Å². The van der Waals surface area contributed by atoms with Gasteiger partial charge in [-0.2, -0.15) is 0 Å². The Morgan fingerprint density at radius 1 is 1.44 bits per heavy atom. The minimum Gasteiger partial charge on any atom is -0.369 e. The molecule has 4 N–H and O–H groups in total. The molecule has 0 aromatic carbocycles. The second-order valence-corrected chi connectivity index (χ2v) is 5.89. The first kappa shape index (κ1) is 15.0. The Balaban J connectivity index is 2.61. The molecule has 5 heteroatoms. The lowest BCUT2D eigenvalue weighted by Crippen LogP contribution is -2.48. The predicted molar refractivity (Wildman–Crippen MR) is 70.8 cm³/mol. The molecule has 1 unspecified atom stereocenters. The molecule has 1 aliphatic rings. The molecule has 1 atom stereocenters. The third kappa shape index (κ3) is 3.22. The molecule has 0 spiro atoms. The highest BCUT2D eigenvalue weighted by Crippen LogP contribution is 2.31. The van der Waals surface area contributed by atoms with Crippen LogP contribution in [0, 0.1) is 10.8 Å². The van der Waals surface area contributed by atoms with Gasteiger partial charge in [-0.1, -0.05) is 13.3 Å². The van der Waals surface area contributed by atoms with E-state index in [1.165, 1.54) is 0 Å². The SMILES string of the molecule is CCCC1(C(=O)NCC(C)(C)C(N)=O)CCNC1. The normalized spacial score (nSPS) is 23.9. The summed E-state index contributed by atoms with van der Waals surface area (Å²) in [5.74, 6) is -0.347. The Hall–Kier alpha value is -1.10. The van der Waals surface area contributed by atoms with Crippen molar-refractivity contribution in [1.29, 1.82) is 0 Å². The molecule has 1 fully saturated rings. The Morgan fingerprint density at radius 3 is 2.56 bits per heavy atom. The molecule has 1 heterocycles. The maximum Gasteiger partial charge on any atom is 0.227 e. The van der Waals surface area contributed by atoms with Crippen molar-refractivity contribution in [1.82, 2.24) is 10.6 Å². The molecule has 2 amide bonds. The van der Waals surface area contributed by atoms with E-state index in [-0.39, 0.29) is 11.3 Å². The van der Waals surface area contributed by atoms with Crippen molar-refractivity contribution in [2.75, 3.05) is 19.6 Å². The monoisotopic (exact) mass is 255 g/mol. The molecule has 1 aliphatic heterocycles. The summed E-state index contributed by atoms with van der Waals surface area (Å²) in [7, 11) is 0. The average Bonchev–Trinajstić information content (AvgIpc) is 2.76. The lowest BCUT2D eigenvalue weighted by molar-refractivity contribution is -0.132. The summed E-state index contributed by atoms with van der Waals surface area (Å²) in [4.78, 5) is 23.5. The van der Waals surface area contributed by atoms with Crippen LogP contribution in [0.2, 0.25) is 0 Å². The van der Waals surface area contributed by atoms with Gasteiger partial charge in [-0.05, 0) is 33.2 Å². The molecule has 0 saturated carbocycles. The van der Waals surface area contributed by atoms with E-state index in [1.54, 1.807) is 13.8 Å². The van der Waals surface area contributed by atoms with Crippen molar-refractivity contribution in [3.05, 3.63) is 0 Å². The Morgan fingerprint density at radius 2 is 2.11 bits per heavy atom. The highest BCUT2D eigenvalue weighted by Gasteiger charge is 2.40. The molecule has 0 aliphatic carbocycles. The van der Waals surface area contributed by atoms with Gasteiger partial charge >= 0.3 is 0 Å². The van der Waals surface area contributed by atoms with Crippen molar-refractivity contribution in [2.24, 2.45) is 16.6 Å². The molecule has 1 rings (SSSR count). The van der Waals surface area contributed by atoms with Crippen molar-refractivity contribution in [3.63, 3.8) is 0 Å².